The van der Waals surface area contributed by atoms with Gasteiger partial charge in [-0.1, -0.05) is 0 Å². The highest BCUT2D eigenvalue weighted by Crippen LogP contribution is 2.24. The van der Waals surface area contributed by atoms with E-state index in [-0.39, 0.29) is 5.78 Å². The van der Waals surface area contributed by atoms with Crippen LogP contribution >= 0.6 is 0 Å². The molecule has 0 saturated heterocycles. The van der Waals surface area contributed by atoms with Crippen molar-refractivity contribution < 1.29 is 9.18 Å². The van der Waals surface area contributed by atoms with Gasteiger partial charge in [-0.2, -0.15) is 5.26 Å². The summed E-state index contributed by atoms with van der Waals surface area (Å²) in [7, 11) is 0. The number of benzene rings is 2. The van der Waals surface area contributed by atoms with Gasteiger partial charge < -0.3 is 4.40 Å². The van der Waals surface area contributed by atoms with Crippen LogP contribution in [0.1, 0.15) is 21.5 Å². The van der Waals surface area contributed by atoms with Gasteiger partial charge in [0.25, 0.3) is 0 Å². The number of carbonyl (C=O) groups excluding carboxylic acids is 1. The summed E-state index contributed by atoms with van der Waals surface area (Å²) in [5, 5.41) is 9.24. The first kappa shape index (κ1) is 14.1. The first-order chi connectivity index (χ1) is 11.7. The third-order valence-electron chi connectivity index (χ3n) is 3.93. The Hall–Kier alpha value is -3.52. The van der Waals surface area contributed by atoms with Gasteiger partial charge in [0.15, 0.2) is 5.78 Å². The van der Waals surface area contributed by atoms with Crippen LogP contribution in [0.2, 0.25) is 0 Å². The molecule has 2 heterocycles. The fourth-order valence-electron chi connectivity index (χ4n) is 2.80. The number of rotatable bonds is 2. The summed E-state index contributed by atoms with van der Waals surface area (Å²) < 4.78 is 15.0. The van der Waals surface area contributed by atoms with Gasteiger partial charge in [-0.3, -0.25) is 9.78 Å². The zero-order chi connectivity index (χ0) is 16.7. The molecule has 0 unspecified atom stereocenters. The molecule has 4 aromatic rings. The van der Waals surface area contributed by atoms with E-state index >= 15 is 0 Å². The second-order valence-electron chi connectivity index (χ2n) is 5.40. The van der Waals surface area contributed by atoms with Crippen molar-refractivity contribution in [1.29, 1.82) is 5.26 Å². The molecule has 0 saturated carbocycles. The molecular weight excluding hydrogens is 305 g/mol. The maximum Gasteiger partial charge on any atom is 0.195 e. The number of halogens is 1. The second kappa shape index (κ2) is 5.28. The van der Waals surface area contributed by atoms with Crippen LogP contribution in [0.25, 0.3) is 16.6 Å². The number of hydrogen-bond acceptors (Lipinski definition) is 3. The molecule has 4 nitrogen and oxygen atoms in total. The molecule has 0 N–H and O–H groups in total. The Balaban J connectivity index is 2.05. The van der Waals surface area contributed by atoms with Crippen molar-refractivity contribution in [2.24, 2.45) is 0 Å². The Kier molecular flexibility index (Phi) is 3.10. The minimum atomic E-state index is -0.406. The monoisotopic (exact) mass is 315 g/mol. The standard InChI is InChI=1S/C19H10FN3O/c20-14-5-3-13(4-6-14)19(24)16-8-12(10-21)9-17-18(16)23-7-1-2-15(23)11-22-17/h1-9,11H. The third-order valence-corrected chi connectivity index (χ3v) is 3.93. The number of fused-ring (bicyclic) bond motifs is 3. The summed E-state index contributed by atoms with van der Waals surface area (Å²) in [6, 6.07) is 14.4. The lowest BCUT2D eigenvalue weighted by atomic mass is 9.99. The van der Waals surface area contributed by atoms with Gasteiger partial charge in [0.1, 0.15) is 5.82 Å². The number of aromatic nitrogens is 2. The number of carbonyl (C=O) groups is 1. The van der Waals surface area contributed by atoms with E-state index in [2.05, 4.69) is 11.1 Å². The quantitative estimate of drug-likeness (QED) is 0.530. The van der Waals surface area contributed by atoms with Crippen LogP contribution in [-0.2, 0) is 0 Å². The minimum absolute atomic E-state index is 0.278. The van der Waals surface area contributed by atoms with E-state index in [1.807, 2.05) is 22.7 Å². The predicted molar refractivity (Wildman–Crippen MR) is 87.2 cm³/mol. The average Bonchev–Trinajstić information content (AvgIpc) is 3.09. The zero-order valence-electron chi connectivity index (χ0n) is 12.4. The molecule has 0 spiro atoms. The molecule has 0 radical (unpaired) electrons. The number of nitrogens with zero attached hydrogens (tertiary/aromatic N) is 3. The van der Waals surface area contributed by atoms with Gasteiger partial charge in [-0.05, 0) is 48.5 Å². The maximum atomic E-state index is 13.1. The topological polar surface area (TPSA) is 58.2 Å². The van der Waals surface area contributed by atoms with Gasteiger partial charge in [0, 0.05) is 11.8 Å². The van der Waals surface area contributed by atoms with Crippen LogP contribution in [0, 0.1) is 17.1 Å². The molecule has 4 rings (SSSR count). The number of nitriles is 1. The molecule has 24 heavy (non-hydrogen) atoms. The number of hydrogen-bond donors (Lipinski definition) is 0. The van der Waals surface area contributed by atoms with Gasteiger partial charge in [0.05, 0.1) is 39.9 Å². The first-order valence-corrected chi connectivity index (χ1v) is 7.27. The van der Waals surface area contributed by atoms with Crippen LogP contribution in [-0.4, -0.2) is 15.2 Å². The van der Waals surface area contributed by atoms with Crippen molar-refractivity contribution in [3.05, 3.63) is 83.4 Å². The van der Waals surface area contributed by atoms with Crippen LogP contribution in [0.4, 0.5) is 4.39 Å². The SMILES string of the molecule is N#Cc1cc(C(=O)c2ccc(F)cc2)c2c(c1)ncc1cccn12. The average molecular weight is 315 g/mol. The normalized spacial score (nSPS) is 10.8. The Labute approximate surface area is 136 Å². The summed E-state index contributed by atoms with van der Waals surface area (Å²) >= 11 is 0. The van der Waals surface area contributed by atoms with Crippen molar-refractivity contribution in [2.75, 3.05) is 0 Å². The molecular formula is C19H10FN3O. The van der Waals surface area contributed by atoms with Gasteiger partial charge in [-0.15, -0.1) is 0 Å². The summed E-state index contributed by atoms with van der Waals surface area (Å²) in [5.74, 6) is -0.684. The molecule has 2 aromatic carbocycles. The van der Waals surface area contributed by atoms with Gasteiger partial charge in [-0.25, -0.2) is 4.39 Å². The summed E-state index contributed by atoms with van der Waals surface area (Å²) in [6.45, 7) is 0. The Morgan fingerprint density at radius 2 is 1.96 bits per heavy atom. The van der Waals surface area contributed by atoms with Crippen LogP contribution in [0.15, 0.2) is 60.9 Å². The highest BCUT2D eigenvalue weighted by atomic mass is 19.1. The number of ketones is 1. The van der Waals surface area contributed by atoms with Gasteiger partial charge >= 0.3 is 0 Å². The third kappa shape index (κ3) is 2.13. The van der Waals surface area contributed by atoms with E-state index in [1.54, 1.807) is 18.3 Å². The second-order valence-corrected chi connectivity index (χ2v) is 5.40. The Morgan fingerprint density at radius 1 is 1.17 bits per heavy atom. The minimum Gasteiger partial charge on any atom is -0.313 e. The Bertz CT molecular complexity index is 1140. The van der Waals surface area contributed by atoms with Gasteiger partial charge in [0.2, 0.25) is 0 Å². The summed E-state index contributed by atoms with van der Waals surface area (Å²) in [5.41, 5.74) is 3.11. The summed E-state index contributed by atoms with van der Waals surface area (Å²) in [6.07, 6.45) is 3.53. The fraction of sp³-hybridized carbons (Fsp3) is 0. The maximum absolute atomic E-state index is 13.1. The Morgan fingerprint density at radius 3 is 2.71 bits per heavy atom. The van der Waals surface area contributed by atoms with E-state index < -0.39 is 5.82 Å². The summed E-state index contributed by atoms with van der Waals surface area (Å²) in [4.78, 5) is 17.3. The van der Waals surface area contributed by atoms with Crippen molar-refractivity contribution in [3.63, 3.8) is 0 Å². The van der Waals surface area contributed by atoms with E-state index in [9.17, 15) is 14.4 Å². The fourth-order valence-corrected chi connectivity index (χ4v) is 2.80. The lowest BCUT2D eigenvalue weighted by Gasteiger charge is -2.09. The van der Waals surface area contributed by atoms with Crippen LogP contribution < -0.4 is 0 Å². The molecule has 114 valence electrons. The molecule has 0 aliphatic rings. The van der Waals surface area contributed by atoms with Crippen molar-refractivity contribution in [1.82, 2.24) is 9.38 Å². The molecule has 5 heteroatoms. The lowest BCUT2D eigenvalue weighted by molar-refractivity contribution is 0.104. The van der Waals surface area contributed by atoms with E-state index in [0.717, 1.165) is 5.52 Å². The predicted octanol–water partition coefficient (Wildman–Crippen LogP) is 3.73. The van der Waals surface area contributed by atoms with E-state index in [0.29, 0.717) is 27.7 Å². The first-order valence-electron chi connectivity index (χ1n) is 7.27. The highest BCUT2D eigenvalue weighted by Gasteiger charge is 2.17. The van der Waals surface area contributed by atoms with Crippen molar-refractivity contribution in [3.8, 4) is 6.07 Å². The largest absolute Gasteiger partial charge is 0.313 e. The molecule has 0 bridgehead atoms. The van der Waals surface area contributed by atoms with E-state index in [4.69, 9.17) is 0 Å². The van der Waals surface area contributed by atoms with Crippen LogP contribution in [0.5, 0.6) is 0 Å². The molecule has 2 aromatic heterocycles. The zero-order valence-corrected chi connectivity index (χ0v) is 12.4. The van der Waals surface area contributed by atoms with E-state index in [1.165, 1.54) is 24.3 Å². The molecule has 0 aliphatic carbocycles. The van der Waals surface area contributed by atoms with Crippen molar-refractivity contribution >= 4 is 22.3 Å². The smallest absolute Gasteiger partial charge is 0.195 e. The van der Waals surface area contributed by atoms with Crippen LogP contribution in [0.3, 0.4) is 0 Å². The molecule has 0 amide bonds. The highest BCUT2D eigenvalue weighted by molar-refractivity contribution is 6.15. The van der Waals surface area contributed by atoms with Crippen molar-refractivity contribution in [2.45, 2.75) is 0 Å². The molecule has 0 aliphatic heterocycles. The lowest BCUT2D eigenvalue weighted by Crippen LogP contribution is -2.06. The molecule has 0 atom stereocenters. The molecule has 0 fully saturated rings.